The summed E-state index contributed by atoms with van der Waals surface area (Å²) in [5.41, 5.74) is 2.06. The summed E-state index contributed by atoms with van der Waals surface area (Å²) in [6.07, 6.45) is 1.63. The van der Waals surface area contributed by atoms with Crippen LogP contribution in [-0.2, 0) is 0 Å². The molecule has 0 radical (unpaired) electrons. The van der Waals surface area contributed by atoms with Gasteiger partial charge < -0.3 is 5.32 Å². The summed E-state index contributed by atoms with van der Waals surface area (Å²) in [5.74, 6) is 0.592. The average molecular weight is 324 g/mol. The summed E-state index contributed by atoms with van der Waals surface area (Å²) in [6.45, 7) is 1.86. The van der Waals surface area contributed by atoms with Crippen molar-refractivity contribution in [2.75, 3.05) is 5.32 Å². The zero-order valence-electron chi connectivity index (χ0n) is 9.41. The van der Waals surface area contributed by atoms with Crippen molar-refractivity contribution in [3.05, 3.63) is 45.3 Å². The number of halogens is 2. The molecule has 4 nitrogen and oxygen atoms in total. The third-order valence-electron chi connectivity index (χ3n) is 2.30. The maximum atomic E-state index is 9.08. The van der Waals surface area contributed by atoms with Crippen LogP contribution in [0.25, 0.3) is 0 Å². The molecule has 18 heavy (non-hydrogen) atoms. The Balaban J connectivity index is 2.40. The number of rotatable bonds is 2. The standard InChI is InChI=1S/C12H8BrClN4/c1-7-6-16-12(14)18-11(7)17-10-3-2-9(13)4-8(10)5-15/h2-4,6H,1H3,(H,16,17,18). The summed E-state index contributed by atoms with van der Waals surface area (Å²) in [7, 11) is 0. The SMILES string of the molecule is Cc1cnc(Cl)nc1Nc1ccc(Br)cc1C#N. The topological polar surface area (TPSA) is 61.6 Å². The van der Waals surface area contributed by atoms with Crippen LogP contribution in [0.3, 0.4) is 0 Å². The van der Waals surface area contributed by atoms with Crippen molar-refractivity contribution in [2.45, 2.75) is 6.92 Å². The van der Waals surface area contributed by atoms with Gasteiger partial charge in [0.15, 0.2) is 0 Å². The monoisotopic (exact) mass is 322 g/mol. The van der Waals surface area contributed by atoms with Gasteiger partial charge in [0, 0.05) is 16.2 Å². The molecule has 2 rings (SSSR count). The maximum absolute atomic E-state index is 9.08. The van der Waals surface area contributed by atoms with E-state index in [-0.39, 0.29) is 5.28 Å². The van der Waals surface area contributed by atoms with Gasteiger partial charge in [0.25, 0.3) is 0 Å². The molecule has 0 aliphatic rings. The number of nitrogens with zero attached hydrogens (tertiary/aromatic N) is 3. The van der Waals surface area contributed by atoms with Crippen molar-refractivity contribution in [3.8, 4) is 6.07 Å². The van der Waals surface area contributed by atoms with Crippen molar-refractivity contribution in [2.24, 2.45) is 0 Å². The second-order valence-electron chi connectivity index (χ2n) is 3.60. The quantitative estimate of drug-likeness (QED) is 0.854. The molecule has 2 aromatic rings. The van der Waals surface area contributed by atoms with Crippen LogP contribution in [0.2, 0.25) is 5.28 Å². The van der Waals surface area contributed by atoms with Gasteiger partial charge in [-0.1, -0.05) is 15.9 Å². The Kier molecular flexibility index (Phi) is 3.80. The molecule has 0 unspecified atom stereocenters. The molecular weight excluding hydrogens is 316 g/mol. The first-order chi connectivity index (χ1) is 8.60. The molecular formula is C12H8BrClN4. The predicted molar refractivity (Wildman–Crippen MR) is 73.9 cm³/mol. The smallest absolute Gasteiger partial charge is 0.224 e. The Bertz CT molecular complexity index is 636. The van der Waals surface area contributed by atoms with E-state index in [9.17, 15) is 0 Å². The molecule has 90 valence electrons. The van der Waals surface area contributed by atoms with Gasteiger partial charge in [-0.15, -0.1) is 0 Å². The van der Waals surface area contributed by atoms with E-state index < -0.39 is 0 Å². The van der Waals surface area contributed by atoms with Crippen LogP contribution in [-0.4, -0.2) is 9.97 Å². The second kappa shape index (κ2) is 5.34. The minimum Gasteiger partial charge on any atom is -0.339 e. The van der Waals surface area contributed by atoms with E-state index in [2.05, 4.69) is 37.3 Å². The molecule has 0 amide bonds. The van der Waals surface area contributed by atoms with Gasteiger partial charge in [-0.2, -0.15) is 5.26 Å². The van der Waals surface area contributed by atoms with Gasteiger partial charge in [0.05, 0.1) is 11.3 Å². The number of anilines is 2. The Hall–Kier alpha value is -1.64. The summed E-state index contributed by atoms with van der Waals surface area (Å²) in [4.78, 5) is 7.97. The highest BCUT2D eigenvalue weighted by molar-refractivity contribution is 9.10. The van der Waals surface area contributed by atoms with Crippen molar-refractivity contribution < 1.29 is 0 Å². The van der Waals surface area contributed by atoms with Crippen LogP contribution in [0.5, 0.6) is 0 Å². The molecule has 6 heteroatoms. The minimum atomic E-state index is 0.165. The molecule has 0 saturated heterocycles. The van der Waals surface area contributed by atoms with E-state index in [4.69, 9.17) is 16.9 Å². The fourth-order valence-corrected chi connectivity index (χ4v) is 1.89. The molecule has 0 saturated carbocycles. The van der Waals surface area contributed by atoms with E-state index in [0.717, 1.165) is 10.0 Å². The van der Waals surface area contributed by atoms with Gasteiger partial charge in [-0.05, 0) is 36.7 Å². The Labute approximate surface area is 118 Å². The Morgan fingerprint density at radius 3 is 2.94 bits per heavy atom. The van der Waals surface area contributed by atoms with Gasteiger partial charge in [-0.3, -0.25) is 0 Å². The van der Waals surface area contributed by atoms with E-state index in [1.165, 1.54) is 0 Å². The lowest BCUT2D eigenvalue weighted by Gasteiger charge is -2.09. The fourth-order valence-electron chi connectivity index (χ4n) is 1.39. The number of hydrogen-bond acceptors (Lipinski definition) is 4. The first kappa shape index (κ1) is 12.8. The first-order valence-corrected chi connectivity index (χ1v) is 6.23. The maximum Gasteiger partial charge on any atom is 0.224 e. The number of aryl methyl sites for hydroxylation is 1. The molecule has 0 aliphatic carbocycles. The number of hydrogen-bond donors (Lipinski definition) is 1. The summed E-state index contributed by atoms with van der Waals surface area (Å²) in [5, 5.41) is 12.3. The van der Waals surface area contributed by atoms with Crippen molar-refractivity contribution in [3.63, 3.8) is 0 Å². The highest BCUT2D eigenvalue weighted by Crippen LogP contribution is 2.24. The number of nitrogens with one attached hydrogen (secondary N) is 1. The second-order valence-corrected chi connectivity index (χ2v) is 4.85. The molecule has 1 aromatic heterocycles. The van der Waals surface area contributed by atoms with Crippen LogP contribution in [0.4, 0.5) is 11.5 Å². The van der Waals surface area contributed by atoms with E-state index in [1.807, 2.05) is 13.0 Å². The summed E-state index contributed by atoms with van der Waals surface area (Å²) < 4.78 is 0.849. The highest BCUT2D eigenvalue weighted by atomic mass is 79.9. The van der Waals surface area contributed by atoms with E-state index >= 15 is 0 Å². The van der Waals surface area contributed by atoms with E-state index in [0.29, 0.717) is 17.1 Å². The van der Waals surface area contributed by atoms with Crippen molar-refractivity contribution in [1.29, 1.82) is 5.26 Å². The zero-order valence-corrected chi connectivity index (χ0v) is 11.7. The normalized spacial score (nSPS) is 9.89. The van der Waals surface area contributed by atoms with Crippen LogP contribution in [0.15, 0.2) is 28.9 Å². The fraction of sp³-hybridized carbons (Fsp3) is 0.0833. The molecule has 1 N–H and O–H groups in total. The van der Waals surface area contributed by atoms with Gasteiger partial charge in [0.1, 0.15) is 11.9 Å². The lowest BCUT2D eigenvalue weighted by Crippen LogP contribution is -1.99. The largest absolute Gasteiger partial charge is 0.339 e. The first-order valence-electron chi connectivity index (χ1n) is 5.06. The molecule has 0 fully saturated rings. The average Bonchev–Trinajstić information content (AvgIpc) is 2.36. The number of nitriles is 1. The Morgan fingerprint density at radius 1 is 1.44 bits per heavy atom. The Morgan fingerprint density at radius 2 is 2.22 bits per heavy atom. The molecule has 0 atom stereocenters. The van der Waals surface area contributed by atoms with E-state index in [1.54, 1.807) is 18.3 Å². The van der Waals surface area contributed by atoms with Crippen LogP contribution in [0, 0.1) is 18.3 Å². The van der Waals surface area contributed by atoms with Gasteiger partial charge in [-0.25, -0.2) is 9.97 Å². The van der Waals surface area contributed by atoms with Gasteiger partial charge in [0.2, 0.25) is 5.28 Å². The third kappa shape index (κ3) is 2.78. The van der Waals surface area contributed by atoms with Crippen molar-refractivity contribution >= 4 is 39.0 Å². The highest BCUT2D eigenvalue weighted by Gasteiger charge is 2.07. The predicted octanol–water partition coefficient (Wildman–Crippen LogP) is 3.82. The van der Waals surface area contributed by atoms with Crippen LogP contribution >= 0.6 is 27.5 Å². The van der Waals surface area contributed by atoms with Crippen LogP contribution < -0.4 is 5.32 Å². The van der Waals surface area contributed by atoms with Crippen LogP contribution in [0.1, 0.15) is 11.1 Å². The lowest BCUT2D eigenvalue weighted by molar-refractivity contribution is 1.13. The molecule has 0 aliphatic heterocycles. The summed E-state index contributed by atoms with van der Waals surface area (Å²) in [6, 6.07) is 7.51. The number of aromatic nitrogens is 2. The lowest BCUT2D eigenvalue weighted by atomic mass is 10.2. The van der Waals surface area contributed by atoms with Gasteiger partial charge >= 0.3 is 0 Å². The molecule has 0 spiro atoms. The van der Waals surface area contributed by atoms with Crippen molar-refractivity contribution in [1.82, 2.24) is 9.97 Å². The third-order valence-corrected chi connectivity index (χ3v) is 2.97. The minimum absolute atomic E-state index is 0.165. The molecule has 1 heterocycles. The molecule has 1 aromatic carbocycles. The molecule has 0 bridgehead atoms. The zero-order chi connectivity index (χ0) is 13.1. The number of benzene rings is 1. The summed E-state index contributed by atoms with van der Waals surface area (Å²) >= 11 is 9.07.